The molecule has 3 amide bonds. The van der Waals surface area contributed by atoms with Gasteiger partial charge < -0.3 is 15.4 Å². The van der Waals surface area contributed by atoms with E-state index >= 15 is 0 Å². The molecular formula is C18H22N3O5+. The maximum Gasteiger partial charge on any atom is 0.337 e. The van der Waals surface area contributed by atoms with Crippen molar-refractivity contribution in [2.24, 2.45) is 11.7 Å². The number of likely N-dealkylation sites (tertiary alicyclic amines) is 1. The van der Waals surface area contributed by atoms with E-state index < -0.39 is 12.0 Å². The van der Waals surface area contributed by atoms with Gasteiger partial charge in [0.2, 0.25) is 11.8 Å². The van der Waals surface area contributed by atoms with Crippen LogP contribution in [0.2, 0.25) is 0 Å². The van der Waals surface area contributed by atoms with Crippen LogP contribution in [-0.2, 0) is 19.1 Å². The predicted molar refractivity (Wildman–Crippen MR) is 91.3 cm³/mol. The van der Waals surface area contributed by atoms with Crippen molar-refractivity contribution in [1.82, 2.24) is 0 Å². The summed E-state index contributed by atoms with van der Waals surface area (Å²) in [5.41, 5.74) is 6.15. The third-order valence-corrected chi connectivity index (χ3v) is 5.22. The fourth-order valence-electron chi connectivity index (χ4n) is 3.71. The van der Waals surface area contributed by atoms with E-state index in [9.17, 15) is 19.2 Å². The lowest BCUT2D eigenvalue weighted by atomic mass is 9.95. The Balaban J connectivity index is 1.71. The first kappa shape index (κ1) is 18.1. The van der Waals surface area contributed by atoms with Crippen molar-refractivity contribution in [3.05, 3.63) is 29.8 Å². The molecule has 2 heterocycles. The minimum absolute atomic E-state index is 0.145. The molecule has 8 heteroatoms. The van der Waals surface area contributed by atoms with Crippen molar-refractivity contribution >= 4 is 29.4 Å². The molecule has 1 aromatic rings. The highest BCUT2D eigenvalue weighted by atomic mass is 16.5. The lowest BCUT2D eigenvalue weighted by Crippen LogP contribution is -3.17. The van der Waals surface area contributed by atoms with Gasteiger partial charge in [0.05, 0.1) is 37.9 Å². The zero-order chi connectivity index (χ0) is 18.8. The van der Waals surface area contributed by atoms with Crippen LogP contribution >= 0.6 is 0 Å². The number of nitrogens with two attached hydrogens (primary N) is 1. The molecule has 0 aliphatic carbocycles. The minimum Gasteiger partial charge on any atom is -0.465 e. The van der Waals surface area contributed by atoms with Crippen LogP contribution in [0, 0.1) is 5.92 Å². The van der Waals surface area contributed by atoms with Gasteiger partial charge in [-0.25, -0.2) is 9.69 Å². The van der Waals surface area contributed by atoms with Gasteiger partial charge in [-0.05, 0) is 24.3 Å². The number of methoxy groups -OCH3 is 1. The molecular weight excluding hydrogens is 338 g/mol. The number of nitrogens with zero attached hydrogens (tertiary/aromatic N) is 1. The first-order valence-corrected chi connectivity index (χ1v) is 8.61. The summed E-state index contributed by atoms with van der Waals surface area (Å²) >= 11 is 0. The summed E-state index contributed by atoms with van der Waals surface area (Å²) in [6, 6.07) is 5.76. The van der Waals surface area contributed by atoms with Gasteiger partial charge in [0, 0.05) is 18.8 Å². The zero-order valence-corrected chi connectivity index (χ0v) is 14.6. The number of quaternary nitrogens is 1. The van der Waals surface area contributed by atoms with Crippen molar-refractivity contribution < 1.29 is 28.8 Å². The minimum atomic E-state index is -0.477. The predicted octanol–water partition coefficient (Wildman–Crippen LogP) is -1.11. The Kier molecular flexibility index (Phi) is 5.03. The summed E-state index contributed by atoms with van der Waals surface area (Å²) in [5.74, 6) is -1.42. The molecule has 0 bridgehead atoms. The van der Waals surface area contributed by atoms with Crippen LogP contribution in [0.15, 0.2) is 24.3 Å². The maximum absolute atomic E-state index is 12.8. The van der Waals surface area contributed by atoms with E-state index in [0.717, 1.165) is 4.90 Å². The zero-order valence-electron chi connectivity index (χ0n) is 14.6. The number of rotatable bonds is 4. The molecule has 0 radical (unpaired) electrons. The summed E-state index contributed by atoms with van der Waals surface area (Å²) in [6.45, 7) is 1.29. The second kappa shape index (κ2) is 7.25. The number of hydrogen-bond acceptors (Lipinski definition) is 5. The summed E-state index contributed by atoms with van der Waals surface area (Å²) in [7, 11) is 1.29. The average Bonchev–Trinajstić information content (AvgIpc) is 2.95. The number of nitrogens with one attached hydrogen (secondary N) is 1. The standard InChI is InChI=1S/C18H21N3O5/c1-26-18(25)12-2-4-13(5-3-12)21-15(22)10-14(17(21)24)20-8-6-11(7-9-20)16(19)23/h2-5,11,14H,6-10H2,1H3,(H2,19,23)/p+1/t14-/m0/s1. The fraction of sp³-hybridized carbons (Fsp3) is 0.444. The van der Waals surface area contributed by atoms with Crippen LogP contribution in [0.5, 0.6) is 0 Å². The Hall–Kier alpha value is -2.74. The van der Waals surface area contributed by atoms with E-state index in [1.807, 2.05) is 0 Å². The van der Waals surface area contributed by atoms with E-state index in [2.05, 4.69) is 4.74 Å². The number of primary amides is 1. The molecule has 8 nitrogen and oxygen atoms in total. The second-order valence-corrected chi connectivity index (χ2v) is 6.70. The lowest BCUT2D eigenvalue weighted by Gasteiger charge is -2.30. The van der Waals surface area contributed by atoms with Crippen LogP contribution in [-0.4, -0.2) is 49.9 Å². The first-order chi connectivity index (χ1) is 12.4. The third-order valence-electron chi connectivity index (χ3n) is 5.22. The van der Waals surface area contributed by atoms with Gasteiger partial charge in [-0.1, -0.05) is 0 Å². The molecule has 0 aromatic heterocycles. The molecule has 0 saturated carbocycles. The molecule has 2 aliphatic rings. The Bertz CT molecular complexity index is 738. The van der Waals surface area contributed by atoms with Crippen molar-refractivity contribution in [2.45, 2.75) is 25.3 Å². The molecule has 1 aromatic carbocycles. The van der Waals surface area contributed by atoms with Crippen LogP contribution in [0.25, 0.3) is 0 Å². The Morgan fingerprint density at radius 3 is 2.31 bits per heavy atom. The normalized spacial score (nSPS) is 26.0. The Morgan fingerprint density at radius 1 is 1.15 bits per heavy atom. The highest BCUT2D eigenvalue weighted by Gasteiger charge is 2.46. The molecule has 2 aliphatic heterocycles. The highest BCUT2D eigenvalue weighted by Crippen LogP contribution is 2.23. The van der Waals surface area contributed by atoms with Gasteiger partial charge in [0.1, 0.15) is 0 Å². The van der Waals surface area contributed by atoms with E-state index in [-0.39, 0.29) is 30.1 Å². The monoisotopic (exact) mass is 360 g/mol. The number of imide groups is 1. The molecule has 2 fully saturated rings. The average molecular weight is 360 g/mol. The van der Waals surface area contributed by atoms with Crippen molar-refractivity contribution in [1.29, 1.82) is 0 Å². The molecule has 26 heavy (non-hydrogen) atoms. The molecule has 3 N–H and O–H groups in total. The largest absolute Gasteiger partial charge is 0.465 e. The smallest absolute Gasteiger partial charge is 0.337 e. The summed E-state index contributed by atoms with van der Waals surface area (Å²) in [4.78, 5) is 50.2. The molecule has 0 spiro atoms. The van der Waals surface area contributed by atoms with Crippen LogP contribution in [0.4, 0.5) is 5.69 Å². The SMILES string of the molecule is COC(=O)c1ccc(N2C(=O)C[C@H]([NH+]3CCC(C(N)=O)CC3)C2=O)cc1. The lowest BCUT2D eigenvalue weighted by molar-refractivity contribution is -0.920. The summed E-state index contributed by atoms with van der Waals surface area (Å²) in [6.07, 6.45) is 1.42. The highest BCUT2D eigenvalue weighted by molar-refractivity contribution is 6.22. The van der Waals surface area contributed by atoms with Crippen molar-refractivity contribution in [2.75, 3.05) is 25.1 Å². The molecule has 138 valence electrons. The van der Waals surface area contributed by atoms with Gasteiger partial charge in [0.15, 0.2) is 6.04 Å². The van der Waals surface area contributed by atoms with E-state index in [4.69, 9.17) is 5.73 Å². The first-order valence-electron chi connectivity index (χ1n) is 8.61. The molecule has 2 saturated heterocycles. The number of benzene rings is 1. The van der Waals surface area contributed by atoms with Crippen molar-refractivity contribution in [3.8, 4) is 0 Å². The number of piperidine rings is 1. The summed E-state index contributed by atoms with van der Waals surface area (Å²) < 4.78 is 4.64. The Morgan fingerprint density at radius 2 is 1.77 bits per heavy atom. The molecule has 3 rings (SSSR count). The number of hydrogen-bond donors (Lipinski definition) is 2. The number of anilines is 1. The number of ether oxygens (including phenoxy) is 1. The van der Waals surface area contributed by atoms with Gasteiger partial charge in [-0.3, -0.25) is 14.4 Å². The number of amides is 3. The van der Waals surface area contributed by atoms with Crippen LogP contribution < -0.4 is 15.5 Å². The van der Waals surface area contributed by atoms with Gasteiger partial charge in [-0.15, -0.1) is 0 Å². The second-order valence-electron chi connectivity index (χ2n) is 6.70. The van der Waals surface area contributed by atoms with Crippen molar-refractivity contribution in [3.63, 3.8) is 0 Å². The van der Waals surface area contributed by atoms with Crippen LogP contribution in [0.3, 0.4) is 0 Å². The number of carbonyl (C=O) groups is 4. The van der Waals surface area contributed by atoms with Gasteiger partial charge in [0.25, 0.3) is 5.91 Å². The van der Waals surface area contributed by atoms with E-state index in [0.29, 0.717) is 37.2 Å². The number of carbonyl (C=O) groups excluding carboxylic acids is 4. The molecule has 0 unspecified atom stereocenters. The van der Waals surface area contributed by atoms with Gasteiger partial charge >= 0.3 is 5.97 Å². The van der Waals surface area contributed by atoms with E-state index in [1.165, 1.54) is 24.1 Å². The number of esters is 1. The third kappa shape index (κ3) is 3.32. The van der Waals surface area contributed by atoms with Crippen LogP contribution in [0.1, 0.15) is 29.6 Å². The molecule has 1 atom stereocenters. The summed E-state index contributed by atoms with van der Waals surface area (Å²) in [5, 5.41) is 0. The van der Waals surface area contributed by atoms with E-state index in [1.54, 1.807) is 12.1 Å². The maximum atomic E-state index is 12.8. The topological polar surface area (TPSA) is 111 Å². The van der Waals surface area contributed by atoms with Gasteiger partial charge in [-0.2, -0.15) is 0 Å². The quantitative estimate of drug-likeness (QED) is 0.522. The fourth-order valence-corrected chi connectivity index (χ4v) is 3.71. The Labute approximate surface area is 150 Å².